The summed E-state index contributed by atoms with van der Waals surface area (Å²) in [6.07, 6.45) is -0.615. The van der Waals surface area contributed by atoms with Gasteiger partial charge in [-0.3, -0.25) is 0 Å². The fourth-order valence-corrected chi connectivity index (χ4v) is 2.18. The Balaban J connectivity index is 2.46. The average Bonchev–Trinajstić information content (AvgIpc) is 2.52. The van der Waals surface area contributed by atoms with E-state index >= 15 is 0 Å². The summed E-state index contributed by atoms with van der Waals surface area (Å²) >= 11 is 5.84. The van der Waals surface area contributed by atoms with Gasteiger partial charge >= 0.3 is 12.1 Å². The van der Waals surface area contributed by atoms with Crippen molar-refractivity contribution in [3.8, 4) is 0 Å². The molecular formula is C18H12ClF3O2. The van der Waals surface area contributed by atoms with Crippen LogP contribution in [0, 0.1) is 0 Å². The van der Waals surface area contributed by atoms with Crippen molar-refractivity contribution in [3.63, 3.8) is 0 Å². The quantitative estimate of drug-likeness (QED) is 0.588. The molecule has 0 heterocycles. The molecule has 0 aromatic heterocycles. The van der Waals surface area contributed by atoms with Gasteiger partial charge in [-0.25, -0.2) is 4.79 Å². The molecule has 2 aromatic rings. The Labute approximate surface area is 141 Å². The van der Waals surface area contributed by atoms with E-state index in [0.717, 1.165) is 18.2 Å². The van der Waals surface area contributed by atoms with E-state index in [-0.39, 0.29) is 0 Å². The molecule has 0 spiro atoms. The van der Waals surface area contributed by atoms with Crippen LogP contribution in [-0.2, 0) is 11.0 Å². The fourth-order valence-electron chi connectivity index (χ4n) is 2.05. The van der Waals surface area contributed by atoms with Crippen molar-refractivity contribution in [1.29, 1.82) is 0 Å². The SMILES string of the molecule is O=C(O)/C=C/C=C(/c1ccc(Cl)cc1)c1ccc(C(F)(F)F)cc1. The number of allylic oxidation sites excluding steroid dienone is 2. The zero-order valence-electron chi connectivity index (χ0n) is 12.2. The summed E-state index contributed by atoms with van der Waals surface area (Å²) in [6, 6.07) is 11.4. The highest BCUT2D eigenvalue weighted by atomic mass is 35.5. The second-order valence-corrected chi connectivity index (χ2v) is 5.30. The van der Waals surface area contributed by atoms with Crippen molar-refractivity contribution in [2.24, 2.45) is 0 Å². The lowest BCUT2D eigenvalue weighted by atomic mass is 9.96. The van der Waals surface area contributed by atoms with Crippen LogP contribution in [0.4, 0.5) is 13.2 Å². The Bertz CT molecular complexity index is 773. The number of aliphatic carboxylic acids is 1. The largest absolute Gasteiger partial charge is 0.478 e. The summed E-state index contributed by atoms with van der Waals surface area (Å²) in [5.74, 6) is -1.12. The minimum absolute atomic E-state index is 0.520. The molecule has 0 unspecified atom stereocenters. The van der Waals surface area contributed by atoms with Gasteiger partial charge in [-0.2, -0.15) is 13.2 Å². The molecule has 0 radical (unpaired) electrons. The standard InChI is InChI=1S/C18H12ClF3O2/c19-15-10-6-13(7-11-15)16(2-1-3-17(23)24)12-4-8-14(9-5-12)18(20,21)22/h1-11H,(H,23,24)/b3-1+,16-2+. The fraction of sp³-hybridized carbons (Fsp3) is 0.0556. The molecule has 2 aromatic carbocycles. The van der Waals surface area contributed by atoms with Crippen LogP contribution in [0.3, 0.4) is 0 Å². The summed E-state index contributed by atoms with van der Waals surface area (Å²) in [5.41, 5.74) is 1.07. The number of benzene rings is 2. The van der Waals surface area contributed by atoms with Crippen molar-refractivity contribution in [2.45, 2.75) is 6.18 Å². The van der Waals surface area contributed by atoms with Crippen molar-refractivity contribution < 1.29 is 23.1 Å². The van der Waals surface area contributed by atoms with Crippen LogP contribution in [0.15, 0.2) is 66.8 Å². The number of hydrogen-bond donors (Lipinski definition) is 1. The van der Waals surface area contributed by atoms with E-state index in [1.165, 1.54) is 24.3 Å². The van der Waals surface area contributed by atoms with Gasteiger partial charge in [-0.15, -0.1) is 0 Å². The first-order chi connectivity index (χ1) is 11.3. The van der Waals surface area contributed by atoms with Gasteiger partial charge in [0.15, 0.2) is 0 Å². The van der Waals surface area contributed by atoms with Crippen LogP contribution in [0.5, 0.6) is 0 Å². The summed E-state index contributed by atoms with van der Waals surface area (Å²) in [7, 11) is 0. The molecule has 2 rings (SSSR count). The highest BCUT2D eigenvalue weighted by molar-refractivity contribution is 6.30. The van der Waals surface area contributed by atoms with E-state index < -0.39 is 17.7 Å². The Kier molecular flexibility index (Phi) is 5.46. The summed E-state index contributed by atoms with van der Waals surface area (Å²) in [4.78, 5) is 10.6. The van der Waals surface area contributed by atoms with Crippen LogP contribution >= 0.6 is 11.6 Å². The smallest absolute Gasteiger partial charge is 0.416 e. The number of halogens is 4. The lowest BCUT2D eigenvalue weighted by molar-refractivity contribution is -0.137. The molecule has 0 amide bonds. The summed E-state index contributed by atoms with van der Waals surface area (Å²) in [6.45, 7) is 0. The maximum Gasteiger partial charge on any atom is 0.416 e. The number of rotatable bonds is 4. The minimum atomic E-state index is -4.41. The maximum absolute atomic E-state index is 12.7. The lowest BCUT2D eigenvalue weighted by Gasteiger charge is -2.11. The first kappa shape index (κ1) is 17.8. The summed E-state index contributed by atoms with van der Waals surface area (Å²) < 4.78 is 38.0. The normalized spacial score (nSPS) is 12.6. The number of carbonyl (C=O) groups is 1. The Morgan fingerprint density at radius 3 is 1.92 bits per heavy atom. The molecule has 0 saturated carbocycles. The second-order valence-electron chi connectivity index (χ2n) is 4.86. The third-order valence-corrected chi connectivity index (χ3v) is 3.43. The molecule has 24 heavy (non-hydrogen) atoms. The number of carboxylic acid groups (broad SMARTS) is 1. The lowest BCUT2D eigenvalue weighted by Crippen LogP contribution is -2.04. The Morgan fingerprint density at radius 1 is 0.958 bits per heavy atom. The van der Waals surface area contributed by atoms with Crippen molar-refractivity contribution in [3.05, 3.63) is 88.5 Å². The molecule has 6 heteroatoms. The van der Waals surface area contributed by atoms with Crippen LogP contribution in [0.1, 0.15) is 16.7 Å². The van der Waals surface area contributed by atoms with Crippen LogP contribution in [-0.4, -0.2) is 11.1 Å². The number of alkyl halides is 3. The highest BCUT2D eigenvalue weighted by Gasteiger charge is 2.30. The zero-order valence-corrected chi connectivity index (χ0v) is 13.0. The van der Waals surface area contributed by atoms with Crippen LogP contribution in [0.25, 0.3) is 5.57 Å². The third kappa shape index (κ3) is 4.73. The molecule has 0 aliphatic heterocycles. The minimum Gasteiger partial charge on any atom is -0.478 e. The summed E-state index contributed by atoms with van der Waals surface area (Å²) in [5, 5.41) is 9.19. The van der Waals surface area contributed by atoms with Gasteiger partial charge in [0.1, 0.15) is 0 Å². The van der Waals surface area contributed by atoms with E-state index in [1.54, 1.807) is 24.3 Å². The third-order valence-electron chi connectivity index (χ3n) is 3.18. The van der Waals surface area contributed by atoms with Gasteiger partial charge in [0.2, 0.25) is 0 Å². The first-order valence-electron chi connectivity index (χ1n) is 6.82. The maximum atomic E-state index is 12.7. The number of carboxylic acids is 1. The second kappa shape index (κ2) is 7.36. The number of hydrogen-bond acceptors (Lipinski definition) is 1. The van der Waals surface area contributed by atoms with Crippen molar-refractivity contribution >= 4 is 23.1 Å². The van der Waals surface area contributed by atoms with Crippen LogP contribution < -0.4 is 0 Å². The molecular weight excluding hydrogens is 341 g/mol. The highest BCUT2D eigenvalue weighted by Crippen LogP contribution is 2.31. The molecule has 0 atom stereocenters. The van der Waals surface area contributed by atoms with E-state index in [2.05, 4.69) is 0 Å². The predicted molar refractivity (Wildman–Crippen MR) is 86.8 cm³/mol. The van der Waals surface area contributed by atoms with Gasteiger partial charge in [0.05, 0.1) is 5.56 Å². The molecule has 0 saturated heterocycles. The van der Waals surface area contributed by atoms with E-state index in [9.17, 15) is 18.0 Å². The van der Waals surface area contributed by atoms with E-state index in [4.69, 9.17) is 16.7 Å². The van der Waals surface area contributed by atoms with Crippen molar-refractivity contribution in [1.82, 2.24) is 0 Å². The average molecular weight is 353 g/mol. The van der Waals surface area contributed by atoms with Crippen LogP contribution in [0.2, 0.25) is 5.02 Å². The molecule has 0 bridgehead atoms. The van der Waals surface area contributed by atoms with Crippen molar-refractivity contribution in [2.75, 3.05) is 0 Å². The van der Waals surface area contributed by atoms with E-state index in [1.807, 2.05) is 0 Å². The molecule has 0 aliphatic carbocycles. The predicted octanol–water partition coefficient (Wildman–Crippen LogP) is 5.43. The topological polar surface area (TPSA) is 37.3 Å². The monoisotopic (exact) mass is 352 g/mol. The molecule has 1 N–H and O–H groups in total. The van der Waals surface area contributed by atoms with Gasteiger partial charge in [-0.05, 0) is 41.0 Å². The van der Waals surface area contributed by atoms with E-state index in [0.29, 0.717) is 21.7 Å². The Hall–Kier alpha value is -2.53. The van der Waals surface area contributed by atoms with Gasteiger partial charge in [0.25, 0.3) is 0 Å². The van der Waals surface area contributed by atoms with Gasteiger partial charge in [-0.1, -0.05) is 48.0 Å². The zero-order chi connectivity index (χ0) is 17.7. The molecule has 0 aliphatic rings. The molecule has 124 valence electrons. The molecule has 0 fully saturated rings. The first-order valence-corrected chi connectivity index (χ1v) is 7.20. The Morgan fingerprint density at radius 2 is 1.46 bits per heavy atom. The van der Waals surface area contributed by atoms with Gasteiger partial charge in [0, 0.05) is 11.1 Å². The van der Waals surface area contributed by atoms with Gasteiger partial charge < -0.3 is 5.11 Å². The molecule has 2 nitrogen and oxygen atoms in total.